The van der Waals surface area contributed by atoms with Crippen LogP contribution >= 0.6 is 0 Å². The van der Waals surface area contributed by atoms with Crippen LogP contribution in [0, 0.1) is 5.92 Å². The van der Waals surface area contributed by atoms with E-state index in [1.54, 1.807) is 0 Å². The molecule has 0 amide bonds. The lowest BCUT2D eigenvalue weighted by atomic mass is 9.85. The lowest BCUT2D eigenvalue weighted by molar-refractivity contribution is 0.101. The summed E-state index contributed by atoms with van der Waals surface area (Å²) in [7, 11) is 0. The lowest BCUT2D eigenvalue weighted by Gasteiger charge is -2.27. The van der Waals surface area contributed by atoms with Gasteiger partial charge in [-0.2, -0.15) is 0 Å². The summed E-state index contributed by atoms with van der Waals surface area (Å²) in [4.78, 5) is 0. The average Bonchev–Trinajstić information content (AvgIpc) is 1.83. The molecule has 3 heteroatoms. The maximum absolute atomic E-state index is 11.9. The van der Waals surface area contributed by atoms with Crippen molar-refractivity contribution in [1.29, 1.82) is 0 Å². The van der Waals surface area contributed by atoms with Gasteiger partial charge in [0.15, 0.2) is 0 Å². The van der Waals surface area contributed by atoms with Crippen LogP contribution in [0.4, 0.5) is 8.78 Å². The third kappa shape index (κ3) is 2.73. The highest BCUT2D eigenvalue weighted by atomic mass is 19.3. The van der Waals surface area contributed by atoms with Crippen LogP contribution < -0.4 is 5.32 Å². The molecule has 11 heavy (non-hydrogen) atoms. The van der Waals surface area contributed by atoms with Crippen LogP contribution in [0.3, 0.4) is 0 Å². The fourth-order valence-corrected chi connectivity index (χ4v) is 1.14. The molecule has 1 nitrogen and oxygen atoms in total. The molecule has 66 valence electrons. The molecule has 1 aliphatic carbocycles. The SMILES string of the molecule is CC(NCC1CCC1)C(F)F. The van der Waals surface area contributed by atoms with E-state index in [1.807, 2.05) is 0 Å². The molecule has 0 radical (unpaired) electrons. The Balaban J connectivity index is 2.01. The first-order valence-corrected chi connectivity index (χ1v) is 4.21. The topological polar surface area (TPSA) is 12.0 Å². The predicted octanol–water partition coefficient (Wildman–Crippen LogP) is 2.03. The fourth-order valence-electron chi connectivity index (χ4n) is 1.14. The molecular formula is C8H15F2N. The monoisotopic (exact) mass is 163 g/mol. The van der Waals surface area contributed by atoms with E-state index in [1.165, 1.54) is 26.2 Å². The average molecular weight is 163 g/mol. The van der Waals surface area contributed by atoms with Crippen molar-refractivity contribution in [2.45, 2.75) is 38.7 Å². The van der Waals surface area contributed by atoms with Crippen molar-refractivity contribution in [1.82, 2.24) is 5.32 Å². The minimum Gasteiger partial charge on any atom is -0.309 e. The van der Waals surface area contributed by atoms with E-state index in [-0.39, 0.29) is 0 Å². The maximum atomic E-state index is 11.9. The standard InChI is InChI=1S/C8H15F2N/c1-6(8(9)10)11-5-7-3-2-4-7/h6-8,11H,2-5H2,1H3. The van der Waals surface area contributed by atoms with E-state index in [4.69, 9.17) is 0 Å². The predicted molar refractivity (Wildman–Crippen MR) is 40.8 cm³/mol. The summed E-state index contributed by atoms with van der Waals surface area (Å²) in [5, 5.41) is 2.83. The summed E-state index contributed by atoms with van der Waals surface area (Å²) < 4.78 is 23.9. The highest BCUT2D eigenvalue weighted by Crippen LogP contribution is 2.25. The van der Waals surface area contributed by atoms with Gasteiger partial charge in [-0.25, -0.2) is 8.78 Å². The zero-order valence-corrected chi connectivity index (χ0v) is 6.82. The van der Waals surface area contributed by atoms with Crippen LogP contribution in [-0.4, -0.2) is 19.0 Å². The Labute approximate surface area is 66.2 Å². The van der Waals surface area contributed by atoms with Crippen LogP contribution in [0.5, 0.6) is 0 Å². The maximum Gasteiger partial charge on any atom is 0.253 e. The molecule has 0 aliphatic heterocycles. The molecule has 0 heterocycles. The zero-order valence-electron chi connectivity index (χ0n) is 6.82. The lowest BCUT2D eigenvalue weighted by Crippen LogP contribution is -2.37. The summed E-state index contributed by atoms with van der Waals surface area (Å²) in [6, 6.07) is -0.643. The van der Waals surface area contributed by atoms with Gasteiger partial charge in [0, 0.05) is 0 Å². The minimum absolute atomic E-state index is 0.643. The van der Waals surface area contributed by atoms with E-state index in [2.05, 4.69) is 5.32 Å². The van der Waals surface area contributed by atoms with E-state index < -0.39 is 12.5 Å². The van der Waals surface area contributed by atoms with Crippen molar-refractivity contribution in [3.63, 3.8) is 0 Å². The second-order valence-electron chi connectivity index (χ2n) is 3.33. The first-order chi connectivity index (χ1) is 5.20. The summed E-state index contributed by atoms with van der Waals surface area (Å²) in [5.74, 6) is 0.663. The van der Waals surface area contributed by atoms with E-state index in [9.17, 15) is 8.78 Å². The van der Waals surface area contributed by atoms with Crippen molar-refractivity contribution in [2.75, 3.05) is 6.54 Å². The molecule has 1 N–H and O–H groups in total. The molecular weight excluding hydrogens is 148 g/mol. The summed E-state index contributed by atoms with van der Waals surface area (Å²) in [6.45, 7) is 2.30. The molecule has 1 unspecified atom stereocenters. The highest BCUT2D eigenvalue weighted by molar-refractivity contribution is 4.74. The number of halogens is 2. The Kier molecular flexibility index (Phi) is 3.24. The number of hydrogen-bond acceptors (Lipinski definition) is 1. The van der Waals surface area contributed by atoms with Crippen molar-refractivity contribution in [3.8, 4) is 0 Å². The van der Waals surface area contributed by atoms with E-state index in [0.29, 0.717) is 5.92 Å². The minimum atomic E-state index is -2.23. The van der Waals surface area contributed by atoms with Gasteiger partial charge in [0.2, 0.25) is 0 Å². The molecule has 1 fully saturated rings. The number of alkyl halides is 2. The molecule has 0 aromatic carbocycles. The van der Waals surface area contributed by atoms with Crippen molar-refractivity contribution in [2.24, 2.45) is 5.92 Å². The van der Waals surface area contributed by atoms with E-state index >= 15 is 0 Å². The van der Waals surface area contributed by atoms with Crippen LogP contribution in [0.15, 0.2) is 0 Å². The Hall–Kier alpha value is -0.180. The Morgan fingerprint density at radius 3 is 2.45 bits per heavy atom. The molecule has 1 atom stereocenters. The van der Waals surface area contributed by atoms with Crippen LogP contribution in [0.1, 0.15) is 26.2 Å². The van der Waals surface area contributed by atoms with Gasteiger partial charge in [0.1, 0.15) is 0 Å². The van der Waals surface area contributed by atoms with Crippen molar-refractivity contribution >= 4 is 0 Å². The van der Waals surface area contributed by atoms with Crippen LogP contribution in [0.2, 0.25) is 0 Å². The number of rotatable bonds is 4. The van der Waals surface area contributed by atoms with Gasteiger partial charge in [-0.1, -0.05) is 6.42 Å². The first-order valence-electron chi connectivity index (χ1n) is 4.21. The van der Waals surface area contributed by atoms with Crippen LogP contribution in [-0.2, 0) is 0 Å². The zero-order chi connectivity index (χ0) is 8.27. The van der Waals surface area contributed by atoms with Gasteiger partial charge in [-0.05, 0) is 32.2 Å². The van der Waals surface area contributed by atoms with E-state index in [0.717, 1.165) is 6.54 Å². The van der Waals surface area contributed by atoms with Crippen molar-refractivity contribution in [3.05, 3.63) is 0 Å². The normalized spacial score (nSPS) is 21.8. The Morgan fingerprint density at radius 2 is 2.09 bits per heavy atom. The summed E-state index contributed by atoms with van der Waals surface area (Å²) in [6.07, 6.45) is 1.47. The van der Waals surface area contributed by atoms with Gasteiger partial charge in [0.05, 0.1) is 6.04 Å². The second kappa shape index (κ2) is 4.00. The van der Waals surface area contributed by atoms with Gasteiger partial charge in [0.25, 0.3) is 6.43 Å². The highest BCUT2D eigenvalue weighted by Gasteiger charge is 2.20. The Morgan fingerprint density at radius 1 is 1.45 bits per heavy atom. The molecule has 0 aromatic heterocycles. The van der Waals surface area contributed by atoms with Crippen LogP contribution in [0.25, 0.3) is 0 Å². The summed E-state index contributed by atoms with van der Waals surface area (Å²) in [5.41, 5.74) is 0. The first kappa shape index (κ1) is 8.91. The molecule has 0 bridgehead atoms. The van der Waals surface area contributed by atoms with Gasteiger partial charge in [-0.3, -0.25) is 0 Å². The quantitative estimate of drug-likeness (QED) is 0.668. The molecule has 0 spiro atoms. The molecule has 0 saturated heterocycles. The smallest absolute Gasteiger partial charge is 0.253 e. The van der Waals surface area contributed by atoms with Gasteiger partial charge in [-0.15, -0.1) is 0 Å². The Bertz CT molecular complexity index is 113. The third-order valence-corrected chi connectivity index (χ3v) is 2.33. The van der Waals surface area contributed by atoms with Gasteiger partial charge < -0.3 is 5.32 Å². The molecule has 1 rings (SSSR count). The number of nitrogens with one attached hydrogen (secondary N) is 1. The summed E-state index contributed by atoms with van der Waals surface area (Å²) >= 11 is 0. The largest absolute Gasteiger partial charge is 0.309 e. The third-order valence-electron chi connectivity index (χ3n) is 2.33. The molecule has 1 saturated carbocycles. The van der Waals surface area contributed by atoms with Crippen molar-refractivity contribution < 1.29 is 8.78 Å². The number of hydrogen-bond donors (Lipinski definition) is 1. The van der Waals surface area contributed by atoms with Gasteiger partial charge >= 0.3 is 0 Å². The molecule has 1 aliphatic rings. The molecule has 0 aromatic rings. The fraction of sp³-hybridized carbons (Fsp3) is 1.00. The second-order valence-corrected chi connectivity index (χ2v) is 3.33.